The summed E-state index contributed by atoms with van der Waals surface area (Å²) in [5.74, 6) is 0.569. The summed E-state index contributed by atoms with van der Waals surface area (Å²) in [7, 11) is 0. The lowest BCUT2D eigenvalue weighted by atomic mass is 9.89. The molecule has 1 amide bonds. The quantitative estimate of drug-likeness (QED) is 0.312. The summed E-state index contributed by atoms with van der Waals surface area (Å²) in [6.07, 6.45) is 4.52. The van der Waals surface area contributed by atoms with Gasteiger partial charge in [-0.3, -0.25) is 9.69 Å². The van der Waals surface area contributed by atoms with Crippen LogP contribution >= 0.6 is 11.6 Å². The number of carbonyl (C=O) groups excluding carboxylic acids is 1. The van der Waals surface area contributed by atoms with Gasteiger partial charge in [0.15, 0.2) is 0 Å². The zero-order chi connectivity index (χ0) is 24.4. The molecule has 1 aliphatic heterocycles. The number of nitrogens with zero attached hydrogens (tertiary/aromatic N) is 2. The number of para-hydroxylation sites is 1. The van der Waals surface area contributed by atoms with E-state index in [1.165, 1.54) is 22.0 Å². The number of anilines is 1. The van der Waals surface area contributed by atoms with Crippen molar-refractivity contribution in [3.8, 4) is 5.69 Å². The Kier molecular flexibility index (Phi) is 6.94. The number of amides is 1. The fraction of sp³-hybridized carbons (Fsp3) is 0.300. The molecule has 2 heterocycles. The van der Waals surface area contributed by atoms with E-state index in [-0.39, 0.29) is 11.8 Å². The molecule has 0 radical (unpaired) electrons. The first-order valence-corrected chi connectivity index (χ1v) is 12.8. The van der Waals surface area contributed by atoms with Gasteiger partial charge < -0.3 is 9.88 Å². The molecule has 0 atom stereocenters. The summed E-state index contributed by atoms with van der Waals surface area (Å²) in [6.45, 7) is 6.91. The molecule has 0 spiro atoms. The Hall–Kier alpha value is -3.08. The third-order valence-corrected chi connectivity index (χ3v) is 7.28. The van der Waals surface area contributed by atoms with Gasteiger partial charge in [0.25, 0.3) is 0 Å². The van der Waals surface area contributed by atoms with Gasteiger partial charge in [-0.1, -0.05) is 55.8 Å². The van der Waals surface area contributed by atoms with Crippen LogP contribution < -0.4 is 5.32 Å². The summed E-state index contributed by atoms with van der Waals surface area (Å²) in [6, 6.07) is 25.1. The van der Waals surface area contributed by atoms with E-state index in [0.29, 0.717) is 5.92 Å². The standard InChI is InChI=1S/C30H32ClN3O/c1-21(2)30(35)32-26-7-5-6-23(18-26)22-14-16-33(17-15-22)19-24-20-34(27-12-10-25(31)11-13-27)29-9-4-3-8-28(24)29/h3-13,18,20-22H,14-17,19H2,1-2H3,(H,32,35). The molecule has 1 N–H and O–H groups in total. The van der Waals surface area contributed by atoms with Crippen molar-refractivity contribution in [2.24, 2.45) is 5.92 Å². The molecule has 1 saturated heterocycles. The molecule has 0 bridgehead atoms. The lowest BCUT2D eigenvalue weighted by molar-refractivity contribution is -0.118. The third-order valence-electron chi connectivity index (χ3n) is 7.03. The predicted octanol–water partition coefficient (Wildman–Crippen LogP) is 7.26. The molecule has 1 aromatic heterocycles. The van der Waals surface area contributed by atoms with Crippen molar-refractivity contribution >= 4 is 34.1 Å². The van der Waals surface area contributed by atoms with Crippen molar-refractivity contribution in [2.45, 2.75) is 39.2 Å². The number of piperidine rings is 1. The summed E-state index contributed by atoms with van der Waals surface area (Å²) >= 11 is 6.12. The fourth-order valence-corrected chi connectivity index (χ4v) is 5.14. The van der Waals surface area contributed by atoms with Gasteiger partial charge in [-0.25, -0.2) is 0 Å². The lowest BCUT2D eigenvalue weighted by Crippen LogP contribution is -2.32. The van der Waals surface area contributed by atoms with Crippen molar-refractivity contribution < 1.29 is 4.79 Å². The van der Waals surface area contributed by atoms with Crippen molar-refractivity contribution in [2.75, 3.05) is 18.4 Å². The number of hydrogen-bond donors (Lipinski definition) is 1. The Morgan fingerprint density at radius 3 is 2.49 bits per heavy atom. The van der Waals surface area contributed by atoms with Gasteiger partial charge in [0.1, 0.15) is 0 Å². The Morgan fingerprint density at radius 1 is 1.00 bits per heavy atom. The van der Waals surface area contributed by atoms with Gasteiger partial charge >= 0.3 is 0 Å². The predicted molar refractivity (Wildman–Crippen MR) is 145 cm³/mol. The SMILES string of the molecule is CC(C)C(=O)Nc1cccc(C2CCN(Cc3cn(-c4ccc(Cl)cc4)c4ccccc34)CC2)c1. The zero-order valence-electron chi connectivity index (χ0n) is 20.4. The molecule has 5 heteroatoms. The van der Waals surface area contributed by atoms with Crippen LogP contribution in [0.3, 0.4) is 0 Å². The maximum absolute atomic E-state index is 12.1. The molecular weight excluding hydrogens is 454 g/mol. The summed E-state index contributed by atoms with van der Waals surface area (Å²) in [4.78, 5) is 14.7. The Morgan fingerprint density at radius 2 is 1.74 bits per heavy atom. The Bertz CT molecular complexity index is 1320. The average Bonchev–Trinajstić information content (AvgIpc) is 3.23. The Balaban J connectivity index is 1.28. The molecule has 4 aromatic rings. The van der Waals surface area contributed by atoms with E-state index in [1.54, 1.807) is 0 Å². The first-order valence-electron chi connectivity index (χ1n) is 12.5. The number of hydrogen-bond acceptors (Lipinski definition) is 2. The monoisotopic (exact) mass is 485 g/mol. The van der Waals surface area contributed by atoms with Gasteiger partial charge in [0.2, 0.25) is 5.91 Å². The maximum Gasteiger partial charge on any atom is 0.226 e. The highest BCUT2D eigenvalue weighted by Gasteiger charge is 2.22. The van der Waals surface area contributed by atoms with Crippen LogP contribution in [0.15, 0.2) is 79.0 Å². The second-order valence-corrected chi connectivity index (χ2v) is 10.3. The van der Waals surface area contributed by atoms with E-state index in [0.717, 1.165) is 48.9 Å². The minimum absolute atomic E-state index is 0.0208. The smallest absolute Gasteiger partial charge is 0.226 e. The van der Waals surface area contributed by atoms with E-state index in [4.69, 9.17) is 11.6 Å². The zero-order valence-corrected chi connectivity index (χ0v) is 21.1. The van der Waals surface area contributed by atoms with Gasteiger partial charge in [0, 0.05) is 40.4 Å². The lowest BCUT2D eigenvalue weighted by Gasteiger charge is -2.32. The number of halogens is 1. The molecule has 0 unspecified atom stereocenters. The molecule has 180 valence electrons. The number of rotatable bonds is 6. The first-order chi connectivity index (χ1) is 17.0. The maximum atomic E-state index is 12.1. The van der Waals surface area contributed by atoms with Crippen molar-refractivity contribution in [1.29, 1.82) is 0 Å². The van der Waals surface area contributed by atoms with Gasteiger partial charge in [-0.15, -0.1) is 0 Å². The highest BCUT2D eigenvalue weighted by Crippen LogP contribution is 2.32. The molecule has 0 aliphatic carbocycles. The highest BCUT2D eigenvalue weighted by molar-refractivity contribution is 6.30. The minimum atomic E-state index is -0.0208. The van der Waals surface area contributed by atoms with Crippen molar-refractivity contribution in [1.82, 2.24) is 9.47 Å². The van der Waals surface area contributed by atoms with E-state index >= 15 is 0 Å². The number of likely N-dealkylation sites (tertiary alicyclic amines) is 1. The largest absolute Gasteiger partial charge is 0.326 e. The van der Waals surface area contributed by atoms with Crippen LogP contribution in [-0.2, 0) is 11.3 Å². The molecule has 4 nitrogen and oxygen atoms in total. The Labute approximate surface area is 212 Å². The number of fused-ring (bicyclic) bond motifs is 1. The normalized spacial score (nSPS) is 15.1. The second kappa shape index (κ2) is 10.3. The molecule has 3 aromatic carbocycles. The van der Waals surface area contributed by atoms with Crippen LogP contribution in [0.25, 0.3) is 16.6 Å². The molecule has 1 aliphatic rings. The highest BCUT2D eigenvalue weighted by atomic mass is 35.5. The molecule has 1 fully saturated rings. The van der Waals surface area contributed by atoms with Crippen LogP contribution in [0.5, 0.6) is 0 Å². The fourth-order valence-electron chi connectivity index (χ4n) is 5.01. The third kappa shape index (κ3) is 5.29. The summed E-state index contributed by atoms with van der Waals surface area (Å²) in [5.41, 5.74) is 5.93. The van der Waals surface area contributed by atoms with Crippen LogP contribution in [0.2, 0.25) is 5.02 Å². The van der Waals surface area contributed by atoms with Crippen molar-refractivity contribution in [3.63, 3.8) is 0 Å². The molecule has 35 heavy (non-hydrogen) atoms. The number of aromatic nitrogens is 1. The second-order valence-electron chi connectivity index (χ2n) is 9.84. The van der Waals surface area contributed by atoms with Gasteiger partial charge in [-0.05, 0) is 85.4 Å². The van der Waals surface area contributed by atoms with E-state index < -0.39 is 0 Å². The van der Waals surface area contributed by atoms with Gasteiger partial charge in [0.05, 0.1) is 5.52 Å². The van der Waals surface area contributed by atoms with Crippen LogP contribution in [0.4, 0.5) is 5.69 Å². The minimum Gasteiger partial charge on any atom is -0.326 e. The molecule has 0 saturated carbocycles. The summed E-state index contributed by atoms with van der Waals surface area (Å²) < 4.78 is 2.27. The van der Waals surface area contributed by atoms with Crippen LogP contribution in [0.1, 0.15) is 43.7 Å². The van der Waals surface area contributed by atoms with Crippen molar-refractivity contribution in [3.05, 3.63) is 95.1 Å². The van der Waals surface area contributed by atoms with E-state index in [9.17, 15) is 4.79 Å². The summed E-state index contributed by atoms with van der Waals surface area (Å²) in [5, 5.41) is 5.09. The molecule has 5 rings (SSSR count). The number of benzene rings is 3. The first kappa shape index (κ1) is 23.7. The molecular formula is C30H32ClN3O. The number of nitrogens with one attached hydrogen (secondary N) is 1. The topological polar surface area (TPSA) is 37.3 Å². The van der Waals surface area contributed by atoms with E-state index in [2.05, 4.69) is 75.6 Å². The van der Waals surface area contributed by atoms with Crippen LogP contribution in [0, 0.1) is 5.92 Å². The average molecular weight is 486 g/mol. The van der Waals surface area contributed by atoms with Gasteiger partial charge in [-0.2, -0.15) is 0 Å². The number of carbonyl (C=O) groups is 1. The van der Waals surface area contributed by atoms with E-state index in [1.807, 2.05) is 32.0 Å². The van der Waals surface area contributed by atoms with Crippen LogP contribution in [-0.4, -0.2) is 28.5 Å².